The smallest absolute Gasteiger partial charge is 0.222 e. The molecule has 2 saturated heterocycles. The van der Waals surface area contributed by atoms with Crippen molar-refractivity contribution < 1.29 is 19.1 Å². The first-order valence-electron chi connectivity index (χ1n) is 11.7. The zero-order valence-corrected chi connectivity index (χ0v) is 19.2. The molecule has 2 atom stereocenters. The van der Waals surface area contributed by atoms with Crippen LogP contribution in [-0.4, -0.2) is 56.2 Å². The number of likely N-dealkylation sites (tertiary alicyclic amines) is 1. The minimum absolute atomic E-state index is 0.0772. The third kappa shape index (κ3) is 4.90. The maximum Gasteiger partial charge on any atom is 0.222 e. The van der Waals surface area contributed by atoms with Crippen LogP contribution >= 0.6 is 0 Å². The molecule has 2 unspecified atom stereocenters. The van der Waals surface area contributed by atoms with Crippen molar-refractivity contribution in [3.05, 3.63) is 42.0 Å². The van der Waals surface area contributed by atoms with Crippen molar-refractivity contribution >= 4 is 22.6 Å². The Morgan fingerprint density at radius 3 is 2.72 bits per heavy atom. The van der Waals surface area contributed by atoms with Crippen molar-refractivity contribution in [3.63, 3.8) is 0 Å². The van der Waals surface area contributed by atoms with E-state index in [4.69, 9.17) is 9.47 Å². The Hall–Kier alpha value is -2.60. The van der Waals surface area contributed by atoms with Crippen LogP contribution in [0.3, 0.4) is 0 Å². The second-order valence-corrected chi connectivity index (χ2v) is 9.28. The Labute approximate surface area is 190 Å². The van der Waals surface area contributed by atoms with Gasteiger partial charge < -0.3 is 19.7 Å². The van der Waals surface area contributed by atoms with Crippen molar-refractivity contribution in [2.45, 2.75) is 50.5 Å². The molecule has 2 aliphatic rings. The molecule has 6 heteroatoms. The SMILES string of the molecule is COCC1CCCN(C(=O)CCC2(Cc3ccc(OC)c4ccccc34)CCC(=O)N2)C1. The van der Waals surface area contributed by atoms with Gasteiger partial charge in [0, 0.05) is 44.0 Å². The number of hydrogen-bond donors (Lipinski definition) is 1. The zero-order chi connectivity index (χ0) is 22.6. The van der Waals surface area contributed by atoms with Crippen LogP contribution in [0, 0.1) is 5.92 Å². The molecule has 2 heterocycles. The molecule has 172 valence electrons. The monoisotopic (exact) mass is 438 g/mol. The van der Waals surface area contributed by atoms with Crippen molar-refractivity contribution in [1.82, 2.24) is 10.2 Å². The van der Waals surface area contributed by atoms with E-state index in [1.807, 2.05) is 23.1 Å². The minimum atomic E-state index is -0.383. The number of fused-ring (bicyclic) bond motifs is 1. The second-order valence-electron chi connectivity index (χ2n) is 9.28. The summed E-state index contributed by atoms with van der Waals surface area (Å²) >= 11 is 0. The van der Waals surface area contributed by atoms with Crippen molar-refractivity contribution in [2.75, 3.05) is 33.9 Å². The van der Waals surface area contributed by atoms with Gasteiger partial charge in [0.05, 0.1) is 13.7 Å². The number of nitrogens with zero attached hydrogens (tertiary/aromatic N) is 1. The van der Waals surface area contributed by atoms with E-state index in [0.717, 1.165) is 48.9 Å². The van der Waals surface area contributed by atoms with Crippen molar-refractivity contribution in [2.24, 2.45) is 5.92 Å². The molecule has 4 rings (SSSR count). The molecule has 2 amide bonds. The van der Waals surface area contributed by atoms with E-state index in [0.29, 0.717) is 38.2 Å². The van der Waals surface area contributed by atoms with Gasteiger partial charge in [-0.15, -0.1) is 0 Å². The fourth-order valence-corrected chi connectivity index (χ4v) is 5.38. The van der Waals surface area contributed by atoms with E-state index in [1.165, 1.54) is 5.56 Å². The summed E-state index contributed by atoms with van der Waals surface area (Å²) in [6.45, 7) is 2.30. The van der Waals surface area contributed by atoms with Gasteiger partial charge in [0.15, 0.2) is 0 Å². The Kier molecular flexibility index (Phi) is 6.99. The summed E-state index contributed by atoms with van der Waals surface area (Å²) in [5.41, 5.74) is 0.792. The number of hydrogen-bond acceptors (Lipinski definition) is 4. The fraction of sp³-hybridized carbons (Fsp3) is 0.538. The number of carbonyl (C=O) groups is 2. The van der Waals surface area contributed by atoms with Gasteiger partial charge >= 0.3 is 0 Å². The van der Waals surface area contributed by atoms with Crippen LogP contribution < -0.4 is 10.1 Å². The van der Waals surface area contributed by atoms with Gasteiger partial charge in [-0.3, -0.25) is 9.59 Å². The Balaban J connectivity index is 1.50. The lowest BCUT2D eigenvalue weighted by atomic mass is 9.83. The normalized spacial score (nSPS) is 23.4. The van der Waals surface area contributed by atoms with Gasteiger partial charge in [-0.2, -0.15) is 0 Å². The number of benzene rings is 2. The van der Waals surface area contributed by atoms with E-state index >= 15 is 0 Å². The Bertz CT molecular complexity index is 973. The van der Waals surface area contributed by atoms with E-state index in [2.05, 4.69) is 23.5 Å². The lowest BCUT2D eigenvalue weighted by molar-refractivity contribution is -0.134. The van der Waals surface area contributed by atoms with E-state index in [9.17, 15) is 9.59 Å². The molecule has 0 saturated carbocycles. The van der Waals surface area contributed by atoms with Gasteiger partial charge in [-0.25, -0.2) is 0 Å². The summed E-state index contributed by atoms with van der Waals surface area (Å²) in [7, 11) is 3.40. The van der Waals surface area contributed by atoms with E-state index < -0.39 is 0 Å². The number of nitrogens with one attached hydrogen (secondary N) is 1. The summed E-state index contributed by atoms with van der Waals surface area (Å²) in [5.74, 6) is 1.53. The van der Waals surface area contributed by atoms with Crippen LogP contribution in [0.1, 0.15) is 44.1 Å². The highest BCUT2D eigenvalue weighted by atomic mass is 16.5. The molecule has 0 aliphatic carbocycles. The summed E-state index contributed by atoms with van der Waals surface area (Å²) in [6, 6.07) is 12.3. The van der Waals surface area contributed by atoms with Crippen LogP contribution in [0.2, 0.25) is 0 Å². The first kappa shape index (κ1) is 22.6. The first-order chi connectivity index (χ1) is 15.5. The molecule has 6 nitrogen and oxygen atoms in total. The molecule has 2 aromatic rings. The standard InChI is InChI=1S/C26H34N2O4/c1-31-18-19-6-5-15-28(17-19)25(30)12-14-26(13-11-24(29)27-26)16-20-9-10-23(32-2)22-8-4-3-7-21(20)22/h3-4,7-10,19H,5-6,11-18H2,1-2H3,(H,27,29). The summed E-state index contributed by atoms with van der Waals surface area (Å²) in [4.78, 5) is 27.3. The van der Waals surface area contributed by atoms with Crippen LogP contribution in [0.4, 0.5) is 0 Å². The van der Waals surface area contributed by atoms with Crippen LogP contribution in [0.5, 0.6) is 5.75 Å². The van der Waals surface area contributed by atoms with Gasteiger partial charge in [0.1, 0.15) is 5.75 Å². The highest BCUT2D eigenvalue weighted by molar-refractivity contribution is 5.91. The maximum atomic E-state index is 13.0. The van der Waals surface area contributed by atoms with Crippen molar-refractivity contribution in [1.29, 1.82) is 0 Å². The second kappa shape index (κ2) is 9.90. The lowest BCUT2D eigenvalue weighted by Crippen LogP contribution is -2.46. The fourth-order valence-electron chi connectivity index (χ4n) is 5.38. The lowest BCUT2D eigenvalue weighted by Gasteiger charge is -2.34. The number of methoxy groups -OCH3 is 2. The molecule has 0 aromatic heterocycles. The maximum absolute atomic E-state index is 13.0. The summed E-state index contributed by atoms with van der Waals surface area (Å²) in [5, 5.41) is 5.44. The molecule has 1 N–H and O–H groups in total. The van der Waals surface area contributed by atoms with Crippen LogP contribution in [0.25, 0.3) is 10.8 Å². The molecule has 2 aliphatic heterocycles. The summed E-state index contributed by atoms with van der Waals surface area (Å²) in [6.07, 6.45) is 5.23. The molecular formula is C26H34N2O4. The summed E-state index contributed by atoms with van der Waals surface area (Å²) < 4.78 is 10.8. The molecule has 32 heavy (non-hydrogen) atoms. The average Bonchev–Trinajstić information content (AvgIpc) is 3.18. The number of rotatable bonds is 8. The number of ether oxygens (including phenoxy) is 2. The molecule has 0 spiro atoms. The van der Waals surface area contributed by atoms with E-state index in [-0.39, 0.29) is 17.4 Å². The number of carbonyl (C=O) groups excluding carboxylic acids is 2. The number of piperidine rings is 1. The molecule has 0 bridgehead atoms. The molecule has 2 aromatic carbocycles. The van der Waals surface area contributed by atoms with Gasteiger partial charge in [-0.05, 0) is 55.0 Å². The Morgan fingerprint density at radius 1 is 1.19 bits per heavy atom. The molecule has 2 fully saturated rings. The molecule has 0 radical (unpaired) electrons. The predicted octanol–water partition coefficient (Wildman–Crippen LogP) is 3.70. The Morgan fingerprint density at radius 2 is 2.00 bits per heavy atom. The third-order valence-corrected chi connectivity index (χ3v) is 7.05. The van der Waals surface area contributed by atoms with Gasteiger partial charge in [-0.1, -0.05) is 30.3 Å². The highest BCUT2D eigenvalue weighted by Crippen LogP contribution is 2.35. The predicted molar refractivity (Wildman–Crippen MR) is 125 cm³/mol. The van der Waals surface area contributed by atoms with Gasteiger partial charge in [0.25, 0.3) is 0 Å². The molecular weight excluding hydrogens is 404 g/mol. The first-order valence-corrected chi connectivity index (χ1v) is 11.7. The average molecular weight is 439 g/mol. The largest absolute Gasteiger partial charge is 0.496 e. The van der Waals surface area contributed by atoms with Crippen LogP contribution in [-0.2, 0) is 20.7 Å². The highest BCUT2D eigenvalue weighted by Gasteiger charge is 2.39. The zero-order valence-electron chi connectivity index (χ0n) is 19.2. The minimum Gasteiger partial charge on any atom is -0.496 e. The van der Waals surface area contributed by atoms with Crippen molar-refractivity contribution in [3.8, 4) is 5.75 Å². The van der Waals surface area contributed by atoms with E-state index in [1.54, 1.807) is 14.2 Å². The van der Waals surface area contributed by atoms with Crippen LogP contribution in [0.15, 0.2) is 36.4 Å². The quantitative estimate of drug-likeness (QED) is 0.682. The topological polar surface area (TPSA) is 67.9 Å². The number of amides is 2. The van der Waals surface area contributed by atoms with Gasteiger partial charge in [0.2, 0.25) is 11.8 Å². The third-order valence-electron chi connectivity index (χ3n) is 7.05.